The van der Waals surface area contributed by atoms with E-state index in [0.29, 0.717) is 6.10 Å². The highest BCUT2D eigenvalue weighted by Crippen LogP contribution is 2.59. The van der Waals surface area contributed by atoms with Gasteiger partial charge in [-0.2, -0.15) is 0 Å². The molecule has 3 rings (SSSR count). The molecule has 0 aromatic rings. The standard InChI is InChI=1S/C15H24O2/c1-2-3-6-12-13-9-11(10-14(12)13)17-15-7-4-5-8-16-15/h3,6,11-15H,2,4-5,7-10H2,1H3. The number of hydrogen-bond donors (Lipinski definition) is 0. The first-order valence-corrected chi connectivity index (χ1v) is 7.32. The molecular formula is C15H24O2. The summed E-state index contributed by atoms with van der Waals surface area (Å²) >= 11 is 0. The van der Waals surface area contributed by atoms with Crippen molar-refractivity contribution in [3.63, 3.8) is 0 Å². The predicted molar refractivity (Wildman–Crippen MR) is 67.6 cm³/mol. The van der Waals surface area contributed by atoms with Crippen molar-refractivity contribution >= 4 is 0 Å². The van der Waals surface area contributed by atoms with E-state index in [1.165, 1.54) is 32.1 Å². The lowest BCUT2D eigenvalue weighted by molar-refractivity contribution is -0.188. The van der Waals surface area contributed by atoms with Gasteiger partial charge in [0, 0.05) is 6.61 Å². The van der Waals surface area contributed by atoms with E-state index in [-0.39, 0.29) is 6.29 Å². The summed E-state index contributed by atoms with van der Waals surface area (Å²) in [6.45, 7) is 3.10. The third-order valence-corrected chi connectivity index (χ3v) is 4.54. The quantitative estimate of drug-likeness (QED) is 0.695. The van der Waals surface area contributed by atoms with Crippen molar-refractivity contribution in [1.82, 2.24) is 0 Å². The zero-order valence-corrected chi connectivity index (χ0v) is 10.8. The molecule has 3 atom stereocenters. The minimum Gasteiger partial charge on any atom is -0.353 e. The Bertz CT molecular complexity index is 269. The summed E-state index contributed by atoms with van der Waals surface area (Å²) in [6.07, 6.45) is 12.6. The first kappa shape index (κ1) is 11.7. The van der Waals surface area contributed by atoms with Crippen LogP contribution in [0.1, 0.15) is 45.4 Å². The van der Waals surface area contributed by atoms with E-state index < -0.39 is 0 Å². The minimum absolute atomic E-state index is 0.107. The SMILES string of the molecule is CCC=CC1C2CC(OC3CCCCO3)CC12. The Morgan fingerprint density at radius 3 is 2.71 bits per heavy atom. The van der Waals surface area contributed by atoms with Crippen LogP contribution in [0.15, 0.2) is 12.2 Å². The Labute approximate surface area is 104 Å². The van der Waals surface area contributed by atoms with Crippen LogP contribution in [0.5, 0.6) is 0 Å². The first-order valence-electron chi connectivity index (χ1n) is 7.32. The third-order valence-electron chi connectivity index (χ3n) is 4.54. The van der Waals surface area contributed by atoms with Crippen LogP contribution in [0.2, 0.25) is 0 Å². The Kier molecular flexibility index (Phi) is 3.53. The van der Waals surface area contributed by atoms with E-state index in [2.05, 4.69) is 19.1 Å². The highest BCUT2D eigenvalue weighted by Gasteiger charge is 2.55. The van der Waals surface area contributed by atoms with E-state index in [4.69, 9.17) is 9.47 Å². The van der Waals surface area contributed by atoms with Crippen LogP contribution < -0.4 is 0 Å². The fourth-order valence-corrected chi connectivity index (χ4v) is 3.56. The van der Waals surface area contributed by atoms with Gasteiger partial charge in [-0.05, 0) is 56.3 Å². The van der Waals surface area contributed by atoms with Gasteiger partial charge < -0.3 is 9.47 Å². The van der Waals surface area contributed by atoms with Gasteiger partial charge in [0.1, 0.15) is 0 Å². The van der Waals surface area contributed by atoms with Crippen LogP contribution in [0, 0.1) is 17.8 Å². The summed E-state index contributed by atoms with van der Waals surface area (Å²) in [6, 6.07) is 0. The second-order valence-electron chi connectivity index (χ2n) is 5.77. The van der Waals surface area contributed by atoms with Crippen molar-refractivity contribution in [3.8, 4) is 0 Å². The highest BCUT2D eigenvalue weighted by atomic mass is 16.7. The molecule has 2 nitrogen and oxygen atoms in total. The molecule has 0 aromatic heterocycles. The third kappa shape index (κ3) is 2.58. The fraction of sp³-hybridized carbons (Fsp3) is 0.867. The molecule has 0 N–H and O–H groups in total. The highest BCUT2D eigenvalue weighted by molar-refractivity contribution is 5.13. The smallest absolute Gasteiger partial charge is 0.157 e. The minimum atomic E-state index is 0.107. The van der Waals surface area contributed by atoms with E-state index in [1.807, 2.05) is 0 Å². The molecular weight excluding hydrogens is 212 g/mol. The van der Waals surface area contributed by atoms with Crippen LogP contribution in [0.4, 0.5) is 0 Å². The maximum atomic E-state index is 6.06. The van der Waals surface area contributed by atoms with Crippen LogP contribution in [0.25, 0.3) is 0 Å². The largest absolute Gasteiger partial charge is 0.353 e. The summed E-state index contributed by atoms with van der Waals surface area (Å²) < 4.78 is 11.7. The van der Waals surface area contributed by atoms with Gasteiger partial charge in [-0.25, -0.2) is 0 Å². The summed E-state index contributed by atoms with van der Waals surface area (Å²) in [5.41, 5.74) is 0. The summed E-state index contributed by atoms with van der Waals surface area (Å²) in [4.78, 5) is 0. The van der Waals surface area contributed by atoms with Gasteiger partial charge in [-0.15, -0.1) is 0 Å². The summed E-state index contributed by atoms with van der Waals surface area (Å²) in [7, 11) is 0. The molecule has 3 fully saturated rings. The van der Waals surface area contributed by atoms with E-state index >= 15 is 0 Å². The Hall–Kier alpha value is -0.340. The molecule has 17 heavy (non-hydrogen) atoms. The van der Waals surface area contributed by atoms with Gasteiger partial charge in [0.2, 0.25) is 0 Å². The topological polar surface area (TPSA) is 18.5 Å². The lowest BCUT2D eigenvalue weighted by Gasteiger charge is -2.26. The second-order valence-corrected chi connectivity index (χ2v) is 5.77. The van der Waals surface area contributed by atoms with Gasteiger partial charge in [0.05, 0.1) is 6.10 Å². The van der Waals surface area contributed by atoms with Crippen LogP contribution in [-0.4, -0.2) is 19.0 Å². The number of hydrogen-bond acceptors (Lipinski definition) is 2. The van der Waals surface area contributed by atoms with Crippen molar-refractivity contribution in [2.75, 3.05) is 6.61 Å². The van der Waals surface area contributed by atoms with Gasteiger partial charge in [-0.3, -0.25) is 0 Å². The predicted octanol–water partition coefficient (Wildman–Crippen LogP) is 3.52. The van der Waals surface area contributed by atoms with Crippen LogP contribution in [0.3, 0.4) is 0 Å². The first-order chi connectivity index (χ1) is 8.38. The van der Waals surface area contributed by atoms with Gasteiger partial charge in [0.15, 0.2) is 6.29 Å². The normalized spacial score (nSPS) is 45.1. The molecule has 3 aliphatic rings. The number of fused-ring (bicyclic) bond motifs is 1. The molecule has 0 spiro atoms. The van der Waals surface area contributed by atoms with Crippen molar-refractivity contribution < 1.29 is 9.47 Å². The Morgan fingerprint density at radius 2 is 2.06 bits per heavy atom. The van der Waals surface area contributed by atoms with E-state index in [0.717, 1.165) is 30.8 Å². The molecule has 1 saturated heterocycles. The monoisotopic (exact) mass is 236 g/mol. The van der Waals surface area contributed by atoms with Crippen molar-refractivity contribution in [1.29, 1.82) is 0 Å². The number of rotatable bonds is 4. The maximum Gasteiger partial charge on any atom is 0.157 e. The molecule has 2 saturated carbocycles. The Morgan fingerprint density at radius 1 is 1.24 bits per heavy atom. The molecule has 2 heteroatoms. The van der Waals surface area contributed by atoms with Crippen LogP contribution >= 0.6 is 0 Å². The van der Waals surface area contributed by atoms with Crippen molar-refractivity contribution in [3.05, 3.63) is 12.2 Å². The zero-order valence-electron chi connectivity index (χ0n) is 10.8. The molecule has 96 valence electrons. The van der Waals surface area contributed by atoms with Gasteiger partial charge in [0.25, 0.3) is 0 Å². The van der Waals surface area contributed by atoms with Crippen molar-refractivity contribution in [2.24, 2.45) is 17.8 Å². The fourth-order valence-electron chi connectivity index (χ4n) is 3.56. The summed E-state index contributed by atoms with van der Waals surface area (Å²) in [5.74, 6) is 2.72. The molecule has 1 aliphatic heterocycles. The van der Waals surface area contributed by atoms with Crippen molar-refractivity contribution in [2.45, 2.75) is 57.8 Å². The van der Waals surface area contributed by atoms with Crippen LogP contribution in [-0.2, 0) is 9.47 Å². The molecule has 0 radical (unpaired) electrons. The average Bonchev–Trinajstić information content (AvgIpc) is 2.81. The lowest BCUT2D eigenvalue weighted by Crippen LogP contribution is -2.27. The summed E-state index contributed by atoms with van der Waals surface area (Å²) in [5, 5.41) is 0. The molecule has 0 amide bonds. The van der Waals surface area contributed by atoms with Gasteiger partial charge >= 0.3 is 0 Å². The number of ether oxygens (including phenoxy) is 2. The lowest BCUT2D eigenvalue weighted by atomic mass is 10.1. The van der Waals surface area contributed by atoms with Gasteiger partial charge in [-0.1, -0.05) is 19.1 Å². The maximum absolute atomic E-state index is 6.06. The second kappa shape index (κ2) is 5.11. The Balaban J connectivity index is 1.41. The molecule has 3 unspecified atom stereocenters. The molecule has 0 bridgehead atoms. The molecule has 2 aliphatic carbocycles. The molecule has 1 heterocycles. The zero-order chi connectivity index (χ0) is 11.7. The average molecular weight is 236 g/mol. The van der Waals surface area contributed by atoms with E-state index in [9.17, 15) is 0 Å². The number of allylic oxidation sites excluding steroid dienone is 2. The molecule has 0 aromatic carbocycles. The van der Waals surface area contributed by atoms with E-state index in [1.54, 1.807) is 0 Å².